The lowest BCUT2D eigenvalue weighted by atomic mass is 10.2. The van der Waals surface area contributed by atoms with Gasteiger partial charge in [0.2, 0.25) is 17.5 Å². The van der Waals surface area contributed by atoms with Gasteiger partial charge in [-0.25, -0.2) is 0 Å². The molecule has 1 N–H and O–H groups in total. The van der Waals surface area contributed by atoms with Gasteiger partial charge in [0.05, 0.1) is 20.3 Å². The van der Waals surface area contributed by atoms with E-state index in [-0.39, 0.29) is 11.8 Å². The summed E-state index contributed by atoms with van der Waals surface area (Å²) >= 11 is 0. The standard InChI is InChI=1S/C19H21N3O4/c1-23-16-7-5-13(10-17(16)24-2)6-8-18-22-15(11-20)19(26-18)21-12-14-4-3-9-25-14/h5-8,10,14,21H,3-4,9,12H2,1-2H3/b8-6+/t14-/m0/s1. The summed E-state index contributed by atoms with van der Waals surface area (Å²) in [6.07, 6.45) is 5.76. The summed E-state index contributed by atoms with van der Waals surface area (Å²) in [5, 5.41) is 12.3. The molecule has 1 aliphatic heterocycles. The molecule has 1 aliphatic rings. The largest absolute Gasteiger partial charge is 0.493 e. The molecular formula is C19H21N3O4. The third kappa shape index (κ3) is 4.16. The van der Waals surface area contributed by atoms with Crippen molar-refractivity contribution in [2.75, 3.05) is 32.7 Å². The summed E-state index contributed by atoms with van der Waals surface area (Å²) in [5.74, 6) is 2.02. The Labute approximate surface area is 152 Å². The minimum Gasteiger partial charge on any atom is -0.493 e. The van der Waals surface area contributed by atoms with Crippen LogP contribution < -0.4 is 14.8 Å². The summed E-state index contributed by atoms with van der Waals surface area (Å²) in [6, 6.07) is 7.61. The fraction of sp³-hybridized carbons (Fsp3) is 0.368. The highest BCUT2D eigenvalue weighted by molar-refractivity contribution is 5.68. The second kappa shape index (κ2) is 8.41. The molecule has 0 amide bonds. The van der Waals surface area contributed by atoms with Crippen LogP contribution in [0.4, 0.5) is 5.88 Å². The van der Waals surface area contributed by atoms with E-state index in [1.54, 1.807) is 20.3 Å². The van der Waals surface area contributed by atoms with Crippen LogP contribution in [0, 0.1) is 11.3 Å². The predicted molar refractivity (Wildman–Crippen MR) is 97.2 cm³/mol. The molecule has 1 atom stereocenters. The Morgan fingerprint density at radius 1 is 1.31 bits per heavy atom. The van der Waals surface area contributed by atoms with Gasteiger partial charge in [0, 0.05) is 19.2 Å². The number of nitrogens with zero attached hydrogens (tertiary/aromatic N) is 2. The van der Waals surface area contributed by atoms with Gasteiger partial charge in [-0.3, -0.25) is 0 Å². The Morgan fingerprint density at radius 3 is 2.85 bits per heavy atom. The Kier molecular flexibility index (Phi) is 5.77. The monoisotopic (exact) mass is 355 g/mol. The van der Waals surface area contributed by atoms with Crippen LogP contribution in [0.3, 0.4) is 0 Å². The van der Waals surface area contributed by atoms with Crippen molar-refractivity contribution in [3.63, 3.8) is 0 Å². The smallest absolute Gasteiger partial charge is 0.232 e. The number of nitriles is 1. The first-order chi connectivity index (χ1) is 12.7. The summed E-state index contributed by atoms with van der Waals surface area (Å²) < 4.78 is 21.7. The topological polar surface area (TPSA) is 89.5 Å². The van der Waals surface area contributed by atoms with E-state index in [9.17, 15) is 5.26 Å². The molecule has 1 aromatic carbocycles. The number of anilines is 1. The molecule has 0 bridgehead atoms. The van der Waals surface area contributed by atoms with Crippen molar-refractivity contribution in [3.05, 3.63) is 35.3 Å². The Bertz CT molecular complexity index is 817. The normalized spacial score (nSPS) is 16.6. The van der Waals surface area contributed by atoms with E-state index in [0.717, 1.165) is 25.0 Å². The zero-order valence-corrected chi connectivity index (χ0v) is 14.8. The van der Waals surface area contributed by atoms with Gasteiger partial charge in [-0.05, 0) is 36.6 Å². The van der Waals surface area contributed by atoms with E-state index < -0.39 is 0 Å². The quantitative estimate of drug-likeness (QED) is 0.815. The van der Waals surface area contributed by atoms with E-state index in [2.05, 4.69) is 10.3 Å². The zero-order valence-electron chi connectivity index (χ0n) is 14.8. The lowest BCUT2D eigenvalue weighted by Gasteiger charge is -2.09. The van der Waals surface area contributed by atoms with Gasteiger partial charge >= 0.3 is 0 Å². The number of methoxy groups -OCH3 is 2. The van der Waals surface area contributed by atoms with Gasteiger partial charge in [-0.1, -0.05) is 6.07 Å². The lowest BCUT2D eigenvalue weighted by Crippen LogP contribution is -2.18. The van der Waals surface area contributed by atoms with Crippen molar-refractivity contribution in [3.8, 4) is 17.6 Å². The van der Waals surface area contributed by atoms with E-state index in [0.29, 0.717) is 29.8 Å². The molecule has 26 heavy (non-hydrogen) atoms. The SMILES string of the molecule is COc1ccc(/C=C/c2nc(C#N)c(NC[C@@H]3CCCO3)o2)cc1OC. The average molecular weight is 355 g/mol. The van der Waals surface area contributed by atoms with Crippen molar-refractivity contribution < 1.29 is 18.6 Å². The minimum absolute atomic E-state index is 0.150. The van der Waals surface area contributed by atoms with Crippen molar-refractivity contribution in [1.82, 2.24) is 4.98 Å². The maximum Gasteiger partial charge on any atom is 0.232 e. The fourth-order valence-electron chi connectivity index (χ4n) is 2.74. The molecule has 0 radical (unpaired) electrons. The molecule has 0 spiro atoms. The first kappa shape index (κ1) is 17.8. The van der Waals surface area contributed by atoms with Crippen LogP contribution in [0.2, 0.25) is 0 Å². The van der Waals surface area contributed by atoms with Crippen LogP contribution in [-0.4, -0.2) is 38.5 Å². The third-order valence-corrected chi connectivity index (χ3v) is 4.09. The van der Waals surface area contributed by atoms with Crippen LogP contribution in [0.25, 0.3) is 12.2 Å². The van der Waals surface area contributed by atoms with E-state index in [4.69, 9.17) is 18.6 Å². The first-order valence-electron chi connectivity index (χ1n) is 8.40. The fourth-order valence-corrected chi connectivity index (χ4v) is 2.74. The molecule has 136 valence electrons. The van der Waals surface area contributed by atoms with Gasteiger partial charge in [0.25, 0.3) is 0 Å². The predicted octanol–water partition coefficient (Wildman–Crippen LogP) is 3.32. The third-order valence-electron chi connectivity index (χ3n) is 4.09. The van der Waals surface area contributed by atoms with Crippen molar-refractivity contribution in [2.24, 2.45) is 0 Å². The Balaban J connectivity index is 1.71. The highest BCUT2D eigenvalue weighted by Crippen LogP contribution is 2.28. The molecule has 0 unspecified atom stereocenters. The second-order valence-corrected chi connectivity index (χ2v) is 5.81. The number of hydrogen-bond acceptors (Lipinski definition) is 7. The van der Waals surface area contributed by atoms with Gasteiger partial charge in [0.15, 0.2) is 11.5 Å². The van der Waals surface area contributed by atoms with Gasteiger partial charge < -0.3 is 23.9 Å². The van der Waals surface area contributed by atoms with E-state index in [1.807, 2.05) is 30.3 Å². The van der Waals surface area contributed by atoms with Gasteiger partial charge in [0.1, 0.15) is 6.07 Å². The summed E-state index contributed by atoms with van der Waals surface area (Å²) in [6.45, 7) is 1.38. The number of aromatic nitrogens is 1. The second-order valence-electron chi connectivity index (χ2n) is 5.81. The van der Waals surface area contributed by atoms with E-state index in [1.165, 1.54) is 0 Å². The van der Waals surface area contributed by atoms with Crippen molar-refractivity contribution in [1.29, 1.82) is 5.26 Å². The average Bonchev–Trinajstić information content (AvgIpc) is 3.33. The molecule has 2 heterocycles. The zero-order chi connectivity index (χ0) is 18.4. The van der Waals surface area contributed by atoms with Gasteiger partial charge in [-0.15, -0.1) is 0 Å². The molecule has 3 rings (SSSR count). The summed E-state index contributed by atoms with van der Waals surface area (Å²) in [4.78, 5) is 4.19. The maximum atomic E-state index is 9.24. The highest BCUT2D eigenvalue weighted by Gasteiger charge is 2.18. The molecule has 0 aliphatic carbocycles. The molecule has 7 heteroatoms. The lowest BCUT2D eigenvalue weighted by molar-refractivity contribution is 0.120. The molecule has 1 fully saturated rings. The number of hydrogen-bond donors (Lipinski definition) is 1. The molecular weight excluding hydrogens is 334 g/mol. The van der Waals surface area contributed by atoms with Crippen molar-refractivity contribution in [2.45, 2.75) is 18.9 Å². The Hall–Kier alpha value is -2.98. The van der Waals surface area contributed by atoms with Crippen LogP contribution in [-0.2, 0) is 4.74 Å². The first-order valence-corrected chi connectivity index (χ1v) is 8.40. The molecule has 1 aromatic heterocycles. The van der Waals surface area contributed by atoms with Crippen molar-refractivity contribution >= 4 is 18.0 Å². The molecule has 7 nitrogen and oxygen atoms in total. The van der Waals surface area contributed by atoms with Crippen LogP contribution in [0.1, 0.15) is 30.0 Å². The van der Waals surface area contributed by atoms with Crippen LogP contribution in [0.15, 0.2) is 22.6 Å². The molecule has 1 saturated heterocycles. The molecule has 0 saturated carbocycles. The summed E-state index contributed by atoms with van der Waals surface area (Å²) in [5.41, 5.74) is 1.13. The number of oxazole rings is 1. The van der Waals surface area contributed by atoms with Crippen LogP contribution >= 0.6 is 0 Å². The minimum atomic E-state index is 0.150. The number of nitrogens with one attached hydrogen (secondary N) is 1. The highest BCUT2D eigenvalue weighted by atomic mass is 16.5. The number of rotatable bonds is 7. The van der Waals surface area contributed by atoms with E-state index >= 15 is 0 Å². The maximum absolute atomic E-state index is 9.24. The molecule has 2 aromatic rings. The Morgan fingerprint density at radius 2 is 2.15 bits per heavy atom. The summed E-state index contributed by atoms with van der Waals surface area (Å²) in [7, 11) is 3.18. The number of benzene rings is 1. The number of ether oxygens (including phenoxy) is 3. The van der Waals surface area contributed by atoms with Gasteiger partial charge in [-0.2, -0.15) is 10.2 Å². The van der Waals surface area contributed by atoms with Crippen LogP contribution in [0.5, 0.6) is 11.5 Å².